The maximum Gasteiger partial charge on any atom is 0.336 e. The maximum absolute atomic E-state index is 13.3. The fourth-order valence-corrected chi connectivity index (χ4v) is 4.10. The second-order valence-electron chi connectivity index (χ2n) is 10.2. The van der Waals surface area contributed by atoms with Crippen LogP contribution in [0, 0.1) is 10.8 Å². The lowest BCUT2D eigenvalue weighted by atomic mass is 9.84. The summed E-state index contributed by atoms with van der Waals surface area (Å²) in [4.78, 5) is 43.0. The molecular weight excluding hydrogens is 512 g/mol. The van der Waals surface area contributed by atoms with E-state index in [9.17, 15) is 19.5 Å². The number of hydrogen-bond donors (Lipinski definition) is 6. The second kappa shape index (κ2) is 12.4. The van der Waals surface area contributed by atoms with Gasteiger partial charge in [0.05, 0.1) is 12.7 Å². The molecule has 8 N–H and O–H groups in total. The highest BCUT2D eigenvalue weighted by molar-refractivity contribution is 6.10. The first-order chi connectivity index (χ1) is 18.8. The molecule has 0 aliphatic rings. The number of amidine groups is 1. The summed E-state index contributed by atoms with van der Waals surface area (Å²) in [6.07, 6.45) is 0.562. The number of benzene rings is 2. The van der Waals surface area contributed by atoms with Crippen LogP contribution in [0.4, 0.5) is 5.69 Å². The van der Waals surface area contributed by atoms with Crippen LogP contribution in [-0.2, 0) is 0 Å². The Morgan fingerprint density at radius 1 is 1.00 bits per heavy atom. The van der Waals surface area contributed by atoms with Gasteiger partial charge in [0.25, 0.3) is 11.8 Å². The molecule has 1 atom stereocenters. The molecule has 0 bridgehead atoms. The third-order valence-corrected chi connectivity index (χ3v) is 6.36. The maximum atomic E-state index is 13.3. The van der Waals surface area contributed by atoms with Gasteiger partial charge >= 0.3 is 5.97 Å². The molecule has 2 amide bonds. The predicted molar refractivity (Wildman–Crippen MR) is 153 cm³/mol. The van der Waals surface area contributed by atoms with E-state index in [0.29, 0.717) is 24.2 Å². The number of aromatic nitrogens is 1. The molecule has 0 aliphatic carbocycles. The molecule has 11 heteroatoms. The number of methoxy groups -OCH3 is 1. The van der Waals surface area contributed by atoms with Crippen LogP contribution in [0.3, 0.4) is 0 Å². The molecular formula is C29H34N6O5. The van der Waals surface area contributed by atoms with E-state index < -0.39 is 17.8 Å². The number of carboxylic acid groups (broad SMARTS) is 1. The summed E-state index contributed by atoms with van der Waals surface area (Å²) in [6.45, 7) is 6.35. The minimum absolute atomic E-state index is 0.0783. The first kappa shape index (κ1) is 29.8. The second-order valence-corrected chi connectivity index (χ2v) is 10.2. The normalized spacial score (nSPS) is 11.8. The Morgan fingerprint density at radius 2 is 1.62 bits per heavy atom. The molecule has 0 unspecified atom stereocenters. The van der Waals surface area contributed by atoms with Gasteiger partial charge in [0.15, 0.2) is 0 Å². The number of ether oxygens (including phenoxy) is 1. The molecule has 40 heavy (non-hydrogen) atoms. The first-order valence-electron chi connectivity index (χ1n) is 12.5. The Bertz CT molecular complexity index is 1430. The van der Waals surface area contributed by atoms with Gasteiger partial charge in [0, 0.05) is 34.5 Å². The fraction of sp³-hybridized carbons (Fsp3) is 0.276. The van der Waals surface area contributed by atoms with Crippen LogP contribution in [0.2, 0.25) is 0 Å². The van der Waals surface area contributed by atoms with Gasteiger partial charge in [-0.15, -0.1) is 0 Å². The van der Waals surface area contributed by atoms with E-state index in [1.54, 1.807) is 24.3 Å². The van der Waals surface area contributed by atoms with Crippen LogP contribution < -0.4 is 26.8 Å². The smallest absolute Gasteiger partial charge is 0.336 e. The van der Waals surface area contributed by atoms with Crippen molar-refractivity contribution in [2.24, 2.45) is 16.9 Å². The molecule has 210 valence electrons. The average Bonchev–Trinajstić information content (AvgIpc) is 2.91. The predicted octanol–water partition coefficient (Wildman–Crippen LogP) is 3.49. The summed E-state index contributed by atoms with van der Waals surface area (Å²) in [6, 6.07) is 13.4. The number of carboxylic acids is 1. The van der Waals surface area contributed by atoms with E-state index in [-0.39, 0.29) is 51.1 Å². The molecule has 11 nitrogen and oxygen atoms in total. The van der Waals surface area contributed by atoms with E-state index in [1.807, 2.05) is 20.8 Å². The fourth-order valence-electron chi connectivity index (χ4n) is 4.10. The molecule has 1 aromatic heterocycles. The van der Waals surface area contributed by atoms with Crippen LogP contribution in [-0.4, -0.2) is 53.4 Å². The molecule has 1 heterocycles. The monoisotopic (exact) mass is 546 g/mol. The number of rotatable bonds is 10. The summed E-state index contributed by atoms with van der Waals surface area (Å²) in [5.41, 5.74) is 12.2. The van der Waals surface area contributed by atoms with Gasteiger partial charge in [-0.2, -0.15) is 0 Å². The first-order valence-corrected chi connectivity index (χ1v) is 12.5. The van der Waals surface area contributed by atoms with Gasteiger partial charge in [-0.1, -0.05) is 26.8 Å². The number of nitrogens with one attached hydrogen (secondary N) is 3. The van der Waals surface area contributed by atoms with E-state index in [4.69, 9.17) is 21.6 Å². The summed E-state index contributed by atoms with van der Waals surface area (Å²) in [5.74, 6) is -2.27. The minimum atomic E-state index is -1.28. The number of amides is 2. The van der Waals surface area contributed by atoms with Crippen LogP contribution in [0.15, 0.2) is 54.6 Å². The van der Waals surface area contributed by atoms with Crippen LogP contribution in [0.1, 0.15) is 64.0 Å². The van der Waals surface area contributed by atoms with Crippen LogP contribution in [0.5, 0.6) is 5.88 Å². The van der Waals surface area contributed by atoms with Crippen molar-refractivity contribution in [3.8, 4) is 17.0 Å². The van der Waals surface area contributed by atoms with Crippen LogP contribution >= 0.6 is 0 Å². The van der Waals surface area contributed by atoms with E-state index in [1.165, 1.54) is 37.4 Å². The third kappa shape index (κ3) is 7.00. The highest BCUT2D eigenvalue weighted by Gasteiger charge is 2.27. The van der Waals surface area contributed by atoms with Crippen molar-refractivity contribution in [1.82, 2.24) is 10.3 Å². The Kier molecular flexibility index (Phi) is 9.23. The van der Waals surface area contributed by atoms with Gasteiger partial charge < -0.3 is 31.9 Å². The Balaban J connectivity index is 2.01. The number of carbonyl (C=O) groups excluding carboxylic acids is 2. The van der Waals surface area contributed by atoms with Gasteiger partial charge in [0.2, 0.25) is 5.88 Å². The highest BCUT2D eigenvalue weighted by Crippen LogP contribution is 2.30. The lowest BCUT2D eigenvalue weighted by Gasteiger charge is -2.31. The van der Waals surface area contributed by atoms with Gasteiger partial charge in [0.1, 0.15) is 11.5 Å². The molecule has 0 aliphatic heterocycles. The topological polar surface area (TPSA) is 194 Å². The molecule has 0 saturated heterocycles. The molecule has 0 fully saturated rings. The Morgan fingerprint density at radius 3 is 2.17 bits per heavy atom. The number of aromatic carboxylic acids is 1. The Labute approximate surface area is 232 Å². The zero-order valence-corrected chi connectivity index (χ0v) is 22.9. The summed E-state index contributed by atoms with van der Waals surface area (Å²) >= 11 is 0. The van der Waals surface area contributed by atoms with Gasteiger partial charge in [-0.05, 0) is 66.4 Å². The van der Waals surface area contributed by atoms with Crippen molar-refractivity contribution in [3.63, 3.8) is 0 Å². The number of nitrogens with two attached hydrogens (primary N) is 2. The van der Waals surface area contributed by atoms with E-state index in [2.05, 4.69) is 15.6 Å². The quantitative estimate of drug-likeness (QED) is 0.164. The van der Waals surface area contributed by atoms with Crippen molar-refractivity contribution in [3.05, 3.63) is 77.0 Å². The zero-order valence-electron chi connectivity index (χ0n) is 22.9. The standard InChI is InChI=1S/C29H34N6O5/c1-29(2,3)22(13-14-30)34-26(36)17-7-10-19(21(15-17)28(38)39)20-11-12-23(40-4)35-24(20)27(37)33-18-8-5-16(6-9-18)25(31)32/h5-12,15,22H,13-14,30H2,1-4H3,(H3,31,32)(H,33,37)(H,34,36)(H,38,39)/t22-/m0/s1. The van der Waals surface area contributed by atoms with Crippen molar-refractivity contribution in [2.45, 2.75) is 33.2 Å². The SMILES string of the molecule is COc1ccc(-c2ccc(C(=O)N[C@@H](CCN)C(C)(C)C)cc2C(=O)O)c(C(=O)Nc2ccc(C(=N)N)cc2)n1. The molecule has 0 saturated carbocycles. The largest absolute Gasteiger partial charge is 0.481 e. The molecule has 2 aromatic carbocycles. The number of pyridine rings is 1. The van der Waals surface area contributed by atoms with Gasteiger partial charge in [-0.25, -0.2) is 9.78 Å². The van der Waals surface area contributed by atoms with Crippen molar-refractivity contribution >= 4 is 29.3 Å². The van der Waals surface area contributed by atoms with Crippen molar-refractivity contribution in [1.29, 1.82) is 5.41 Å². The zero-order chi connectivity index (χ0) is 29.6. The summed E-state index contributed by atoms with van der Waals surface area (Å²) in [7, 11) is 1.40. The molecule has 3 rings (SSSR count). The molecule has 0 radical (unpaired) electrons. The van der Waals surface area contributed by atoms with Crippen molar-refractivity contribution < 1.29 is 24.2 Å². The third-order valence-electron chi connectivity index (χ3n) is 6.36. The van der Waals surface area contributed by atoms with Crippen molar-refractivity contribution in [2.75, 3.05) is 19.0 Å². The summed E-state index contributed by atoms with van der Waals surface area (Å²) < 4.78 is 5.19. The minimum Gasteiger partial charge on any atom is -0.481 e. The highest BCUT2D eigenvalue weighted by atomic mass is 16.5. The molecule has 3 aromatic rings. The van der Waals surface area contributed by atoms with Crippen LogP contribution in [0.25, 0.3) is 11.1 Å². The van der Waals surface area contributed by atoms with E-state index >= 15 is 0 Å². The number of nitrogens with zero attached hydrogens (tertiary/aromatic N) is 1. The lowest BCUT2D eigenvalue weighted by Crippen LogP contribution is -2.44. The number of anilines is 1. The number of carbonyl (C=O) groups is 3. The summed E-state index contributed by atoms with van der Waals surface area (Å²) in [5, 5.41) is 23.2. The average molecular weight is 547 g/mol. The molecule has 0 spiro atoms. The lowest BCUT2D eigenvalue weighted by molar-refractivity contribution is 0.0697. The number of nitrogen functional groups attached to an aromatic ring is 1. The van der Waals surface area contributed by atoms with Gasteiger partial charge in [-0.3, -0.25) is 15.0 Å². The van der Waals surface area contributed by atoms with E-state index in [0.717, 1.165) is 0 Å². The number of hydrogen-bond acceptors (Lipinski definition) is 7. The Hall–Kier alpha value is -4.77.